The third-order valence-corrected chi connectivity index (χ3v) is 2.13. The van der Waals surface area contributed by atoms with E-state index in [2.05, 4.69) is 15.4 Å². The molecule has 2 rings (SSSR count). The second-order valence-electron chi connectivity index (χ2n) is 3.15. The summed E-state index contributed by atoms with van der Waals surface area (Å²) in [5.41, 5.74) is 9.78. The van der Waals surface area contributed by atoms with Gasteiger partial charge in [0, 0.05) is 19.3 Å². The smallest absolute Gasteiger partial charge is 0.148 e. The molecule has 5 nitrogen and oxygen atoms in total. The van der Waals surface area contributed by atoms with Gasteiger partial charge in [-0.15, -0.1) is 0 Å². The molecule has 1 aromatic rings. The van der Waals surface area contributed by atoms with Gasteiger partial charge in [0.1, 0.15) is 5.82 Å². The van der Waals surface area contributed by atoms with Crippen LogP contribution < -0.4 is 11.2 Å². The van der Waals surface area contributed by atoms with Crippen molar-refractivity contribution in [2.45, 2.75) is 0 Å². The molecular formula is C9H14N4O. The second-order valence-corrected chi connectivity index (χ2v) is 3.15. The van der Waals surface area contributed by atoms with Crippen LogP contribution in [0, 0.1) is 0 Å². The van der Waals surface area contributed by atoms with E-state index in [1.807, 2.05) is 12.1 Å². The molecular weight excluding hydrogens is 180 g/mol. The first kappa shape index (κ1) is 9.23. The van der Waals surface area contributed by atoms with Gasteiger partial charge in [-0.3, -0.25) is 0 Å². The number of rotatable bonds is 2. The van der Waals surface area contributed by atoms with Gasteiger partial charge in [0.05, 0.1) is 18.9 Å². The number of nitrogens with two attached hydrogens (primary N) is 1. The minimum atomic E-state index is 0.527. The van der Waals surface area contributed by atoms with Gasteiger partial charge in [0.2, 0.25) is 0 Å². The predicted molar refractivity (Wildman–Crippen MR) is 54.7 cm³/mol. The average molecular weight is 194 g/mol. The van der Waals surface area contributed by atoms with E-state index < -0.39 is 0 Å². The van der Waals surface area contributed by atoms with E-state index in [1.165, 1.54) is 0 Å². The third-order valence-electron chi connectivity index (χ3n) is 2.13. The summed E-state index contributed by atoms with van der Waals surface area (Å²) in [6.07, 6.45) is 1.68. The molecule has 0 spiro atoms. The molecule has 0 amide bonds. The summed E-state index contributed by atoms with van der Waals surface area (Å²) in [6, 6.07) is 3.77. The number of pyridine rings is 1. The normalized spacial score (nSPS) is 18.0. The molecule has 1 aromatic heterocycles. The molecule has 1 aliphatic rings. The van der Waals surface area contributed by atoms with Crippen LogP contribution in [0.5, 0.6) is 0 Å². The van der Waals surface area contributed by atoms with Crippen LogP contribution in [0.3, 0.4) is 0 Å². The second kappa shape index (κ2) is 4.26. The van der Waals surface area contributed by atoms with Crippen molar-refractivity contribution in [1.29, 1.82) is 0 Å². The molecule has 0 aliphatic carbocycles. The molecule has 3 N–H and O–H groups in total. The van der Waals surface area contributed by atoms with Crippen molar-refractivity contribution >= 4 is 11.5 Å². The lowest BCUT2D eigenvalue weighted by Crippen LogP contribution is -2.40. The van der Waals surface area contributed by atoms with Crippen LogP contribution in [-0.2, 0) is 4.74 Å². The first-order valence-electron chi connectivity index (χ1n) is 4.66. The van der Waals surface area contributed by atoms with E-state index in [0.29, 0.717) is 5.82 Å². The summed E-state index contributed by atoms with van der Waals surface area (Å²) in [6.45, 7) is 3.25. The molecule has 0 radical (unpaired) electrons. The fraction of sp³-hybridized carbons (Fsp3) is 0.444. The molecule has 0 aromatic carbocycles. The summed E-state index contributed by atoms with van der Waals surface area (Å²) < 4.78 is 5.24. The Labute approximate surface area is 82.8 Å². The van der Waals surface area contributed by atoms with Crippen molar-refractivity contribution in [2.75, 3.05) is 37.5 Å². The van der Waals surface area contributed by atoms with Crippen LogP contribution in [0.1, 0.15) is 0 Å². The molecule has 2 heterocycles. The van der Waals surface area contributed by atoms with Gasteiger partial charge in [-0.05, 0) is 12.1 Å². The van der Waals surface area contributed by atoms with E-state index in [9.17, 15) is 0 Å². The van der Waals surface area contributed by atoms with E-state index in [1.54, 1.807) is 6.20 Å². The number of morpholine rings is 1. The highest BCUT2D eigenvalue weighted by atomic mass is 16.5. The lowest BCUT2D eigenvalue weighted by Gasteiger charge is -2.28. The molecule has 76 valence electrons. The number of anilines is 2. The van der Waals surface area contributed by atoms with Gasteiger partial charge < -0.3 is 15.9 Å². The maximum atomic E-state index is 5.71. The van der Waals surface area contributed by atoms with Crippen LogP contribution in [0.25, 0.3) is 0 Å². The number of hydrazine groups is 1. The highest BCUT2D eigenvalue weighted by molar-refractivity contribution is 5.60. The van der Waals surface area contributed by atoms with Crippen LogP contribution in [0.15, 0.2) is 18.3 Å². The van der Waals surface area contributed by atoms with Crippen molar-refractivity contribution in [3.8, 4) is 0 Å². The van der Waals surface area contributed by atoms with Crippen molar-refractivity contribution in [2.24, 2.45) is 0 Å². The Bertz CT molecular complexity index is 299. The molecule has 5 heteroatoms. The first-order chi connectivity index (χ1) is 6.86. The Morgan fingerprint density at radius 2 is 2.21 bits per heavy atom. The number of hydrogen-bond acceptors (Lipinski definition) is 5. The van der Waals surface area contributed by atoms with E-state index in [4.69, 9.17) is 10.5 Å². The topological polar surface area (TPSA) is 63.4 Å². The third kappa shape index (κ3) is 2.12. The number of hydrogen-bond donors (Lipinski definition) is 2. The Morgan fingerprint density at radius 3 is 2.93 bits per heavy atom. The zero-order valence-electron chi connectivity index (χ0n) is 7.94. The largest absolute Gasteiger partial charge is 0.382 e. The Hall–Kier alpha value is -1.33. The van der Waals surface area contributed by atoms with E-state index >= 15 is 0 Å². The predicted octanol–water partition coefficient (Wildman–Crippen LogP) is 0.323. The standard InChI is InChI=1S/C9H14N4O/c10-9-8(2-1-3-11-9)12-13-4-6-14-7-5-13/h1-3,12H,4-7H2,(H2,10,11). The highest BCUT2D eigenvalue weighted by Gasteiger charge is 2.10. The van der Waals surface area contributed by atoms with Crippen molar-refractivity contribution in [3.63, 3.8) is 0 Å². The van der Waals surface area contributed by atoms with Crippen LogP contribution in [-0.4, -0.2) is 36.3 Å². The van der Waals surface area contributed by atoms with E-state index in [-0.39, 0.29) is 0 Å². The summed E-state index contributed by atoms with van der Waals surface area (Å²) in [5.74, 6) is 0.527. The Balaban J connectivity index is 1.99. The molecule has 0 atom stereocenters. The van der Waals surface area contributed by atoms with Gasteiger partial charge in [0.15, 0.2) is 0 Å². The Morgan fingerprint density at radius 1 is 1.43 bits per heavy atom. The summed E-state index contributed by atoms with van der Waals surface area (Å²) in [7, 11) is 0. The van der Waals surface area contributed by atoms with E-state index in [0.717, 1.165) is 32.0 Å². The fourth-order valence-corrected chi connectivity index (χ4v) is 1.36. The number of ether oxygens (including phenoxy) is 1. The maximum Gasteiger partial charge on any atom is 0.148 e. The number of nitrogen functional groups attached to an aromatic ring is 1. The number of nitrogens with one attached hydrogen (secondary N) is 1. The van der Waals surface area contributed by atoms with Crippen LogP contribution in [0.2, 0.25) is 0 Å². The SMILES string of the molecule is Nc1ncccc1NN1CCOCC1. The first-order valence-corrected chi connectivity index (χ1v) is 4.66. The molecule has 14 heavy (non-hydrogen) atoms. The minimum absolute atomic E-state index is 0.527. The molecule has 1 fully saturated rings. The van der Waals surface area contributed by atoms with Gasteiger partial charge in [0.25, 0.3) is 0 Å². The number of nitrogens with zero attached hydrogens (tertiary/aromatic N) is 2. The van der Waals surface area contributed by atoms with Gasteiger partial charge in [-0.2, -0.15) is 0 Å². The highest BCUT2D eigenvalue weighted by Crippen LogP contribution is 2.14. The van der Waals surface area contributed by atoms with Gasteiger partial charge in [-0.25, -0.2) is 9.99 Å². The fourth-order valence-electron chi connectivity index (χ4n) is 1.36. The van der Waals surface area contributed by atoms with Crippen molar-refractivity contribution in [1.82, 2.24) is 9.99 Å². The molecule has 0 saturated carbocycles. The van der Waals surface area contributed by atoms with Gasteiger partial charge >= 0.3 is 0 Å². The lowest BCUT2D eigenvalue weighted by atomic mass is 10.4. The molecule has 1 saturated heterocycles. The summed E-state index contributed by atoms with van der Waals surface area (Å²) in [4.78, 5) is 4.00. The molecule has 0 unspecified atom stereocenters. The summed E-state index contributed by atoms with van der Waals surface area (Å²) in [5, 5.41) is 2.08. The quantitative estimate of drug-likeness (QED) is 0.710. The van der Waals surface area contributed by atoms with Crippen molar-refractivity contribution in [3.05, 3.63) is 18.3 Å². The minimum Gasteiger partial charge on any atom is -0.382 e. The van der Waals surface area contributed by atoms with Gasteiger partial charge in [-0.1, -0.05) is 0 Å². The van der Waals surface area contributed by atoms with Crippen LogP contribution in [0.4, 0.5) is 11.5 Å². The zero-order valence-corrected chi connectivity index (χ0v) is 7.94. The zero-order chi connectivity index (χ0) is 9.80. The maximum absolute atomic E-state index is 5.71. The summed E-state index contributed by atoms with van der Waals surface area (Å²) >= 11 is 0. The monoisotopic (exact) mass is 194 g/mol. The van der Waals surface area contributed by atoms with Crippen molar-refractivity contribution < 1.29 is 4.74 Å². The van der Waals surface area contributed by atoms with Crippen LogP contribution >= 0.6 is 0 Å². The average Bonchev–Trinajstić information content (AvgIpc) is 2.23. The molecule has 0 bridgehead atoms. The molecule has 1 aliphatic heterocycles. The lowest BCUT2D eigenvalue weighted by molar-refractivity contribution is 0.0497. The number of aromatic nitrogens is 1. The Kier molecular flexibility index (Phi) is 2.81.